The van der Waals surface area contributed by atoms with E-state index >= 15 is 0 Å². The molecular weight excluding hydrogens is 280 g/mol. The number of hydrogen-bond donors (Lipinski definition) is 2. The van der Waals surface area contributed by atoms with Crippen LogP contribution in [0.5, 0.6) is 0 Å². The lowest BCUT2D eigenvalue weighted by Crippen LogP contribution is -2.35. The monoisotopic (exact) mass is 298 g/mol. The molecule has 1 heterocycles. The predicted molar refractivity (Wildman–Crippen MR) is 79.3 cm³/mol. The summed E-state index contributed by atoms with van der Waals surface area (Å²) in [6.45, 7) is 3.51. The fraction of sp³-hybridized carbons (Fsp3) is 0.429. The van der Waals surface area contributed by atoms with E-state index in [9.17, 15) is 9.59 Å². The third-order valence-corrected chi connectivity index (χ3v) is 3.48. The van der Waals surface area contributed by atoms with Crippen molar-refractivity contribution in [2.45, 2.75) is 13.3 Å². The van der Waals surface area contributed by atoms with E-state index < -0.39 is 0 Å². The zero-order valence-electron chi connectivity index (χ0n) is 11.6. The Balaban J connectivity index is 0.00000200. The zero-order chi connectivity index (χ0) is 13.9. The van der Waals surface area contributed by atoms with Gasteiger partial charge in [0.2, 0.25) is 5.91 Å². The summed E-state index contributed by atoms with van der Waals surface area (Å²) in [5.74, 6) is -0.381. The van der Waals surface area contributed by atoms with Crippen LogP contribution in [0.15, 0.2) is 24.3 Å². The largest absolute Gasteiger partial charge is 0.465 e. The average molecular weight is 299 g/mol. The van der Waals surface area contributed by atoms with Gasteiger partial charge in [0.05, 0.1) is 18.1 Å². The summed E-state index contributed by atoms with van der Waals surface area (Å²) in [6.07, 6.45) is 0.832. The van der Waals surface area contributed by atoms with Crippen LogP contribution in [-0.2, 0) is 9.53 Å². The number of benzene rings is 1. The molecule has 1 unspecified atom stereocenters. The molecule has 110 valence electrons. The lowest BCUT2D eigenvalue weighted by molar-refractivity contribution is -0.123. The van der Waals surface area contributed by atoms with Crippen LogP contribution in [0.2, 0.25) is 0 Å². The number of carbonyl (C=O) groups is 2. The normalized spacial score (nSPS) is 20.9. The van der Waals surface area contributed by atoms with E-state index in [1.54, 1.807) is 24.3 Å². The number of halogens is 1. The first-order valence-electron chi connectivity index (χ1n) is 6.26. The smallest absolute Gasteiger partial charge is 0.337 e. The number of methoxy groups -OCH3 is 1. The van der Waals surface area contributed by atoms with Gasteiger partial charge in [0, 0.05) is 12.2 Å². The van der Waals surface area contributed by atoms with Crippen LogP contribution in [0, 0.1) is 5.41 Å². The number of amides is 1. The van der Waals surface area contributed by atoms with Crippen molar-refractivity contribution in [2.24, 2.45) is 5.41 Å². The molecule has 1 atom stereocenters. The Bertz CT molecular complexity index is 482. The summed E-state index contributed by atoms with van der Waals surface area (Å²) in [4.78, 5) is 23.5. The van der Waals surface area contributed by atoms with E-state index in [-0.39, 0.29) is 29.7 Å². The van der Waals surface area contributed by atoms with Gasteiger partial charge in [-0.2, -0.15) is 0 Å². The van der Waals surface area contributed by atoms with E-state index in [4.69, 9.17) is 0 Å². The Labute approximate surface area is 124 Å². The van der Waals surface area contributed by atoms with Gasteiger partial charge in [0.15, 0.2) is 0 Å². The molecule has 1 aliphatic heterocycles. The molecule has 0 aliphatic carbocycles. The van der Waals surface area contributed by atoms with E-state index in [2.05, 4.69) is 15.4 Å². The van der Waals surface area contributed by atoms with Gasteiger partial charge in [-0.3, -0.25) is 4.79 Å². The van der Waals surface area contributed by atoms with Gasteiger partial charge in [0.25, 0.3) is 0 Å². The van der Waals surface area contributed by atoms with E-state index in [1.165, 1.54) is 7.11 Å². The standard InChI is InChI=1S/C14H18N2O3.ClH/c1-14(7-8-15-9-14)13(18)16-11-5-3-10(4-6-11)12(17)19-2;/h3-6,15H,7-9H2,1-2H3,(H,16,18);1H. The topological polar surface area (TPSA) is 67.4 Å². The molecule has 2 rings (SSSR count). The molecule has 1 aromatic carbocycles. The Morgan fingerprint density at radius 2 is 1.95 bits per heavy atom. The Morgan fingerprint density at radius 3 is 2.45 bits per heavy atom. The first-order chi connectivity index (χ1) is 9.05. The van der Waals surface area contributed by atoms with Gasteiger partial charge in [-0.25, -0.2) is 4.79 Å². The molecular formula is C14H19ClN2O3. The maximum atomic E-state index is 12.2. The van der Waals surface area contributed by atoms with Crippen molar-refractivity contribution in [3.05, 3.63) is 29.8 Å². The molecule has 1 aliphatic rings. The summed E-state index contributed by atoms with van der Waals surface area (Å²) in [6, 6.07) is 6.68. The highest BCUT2D eigenvalue weighted by Gasteiger charge is 2.36. The Kier molecular flexibility index (Phi) is 5.53. The van der Waals surface area contributed by atoms with E-state index in [0.29, 0.717) is 17.8 Å². The average Bonchev–Trinajstić information content (AvgIpc) is 2.87. The van der Waals surface area contributed by atoms with Crippen LogP contribution < -0.4 is 10.6 Å². The zero-order valence-corrected chi connectivity index (χ0v) is 12.4. The third kappa shape index (κ3) is 3.49. The van der Waals surface area contributed by atoms with Crippen molar-refractivity contribution in [1.29, 1.82) is 0 Å². The molecule has 2 N–H and O–H groups in total. The van der Waals surface area contributed by atoms with Crippen LogP contribution in [-0.4, -0.2) is 32.1 Å². The molecule has 5 nitrogen and oxygen atoms in total. The van der Waals surface area contributed by atoms with Gasteiger partial charge >= 0.3 is 5.97 Å². The number of hydrogen-bond acceptors (Lipinski definition) is 4. The highest BCUT2D eigenvalue weighted by molar-refractivity contribution is 5.96. The second-order valence-corrected chi connectivity index (χ2v) is 5.01. The van der Waals surface area contributed by atoms with Crippen molar-refractivity contribution in [3.63, 3.8) is 0 Å². The van der Waals surface area contributed by atoms with Crippen molar-refractivity contribution in [3.8, 4) is 0 Å². The highest BCUT2D eigenvalue weighted by Crippen LogP contribution is 2.26. The number of ether oxygens (including phenoxy) is 1. The molecule has 0 aromatic heterocycles. The SMILES string of the molecule is COC(=O)c1ccc(NC(=O)C2(C)CCNC2)cc1.Cl. The summed E-state index contributed by atoms with van der Waals surface area (Å²) < 4.78 is 4.62. The number of rotatable bonds is 3. The van der Waals surface area contributed by atoms with Crippen LogP contribution in [0.3, 0.4) is 0 Å². The van der Waals surface area contributed by atoms with E-state index in [0.717, 1.165) is 13.0 Å². The number of anilines is 1. The first kappa shape index (κ1) is 16.5. The molecule has 1 fully saturated rings. The number of nitrogens with one attached hydrogen (secondary N) is 2. The van der Waals surface area contributed by atoms with Crippen LogP contribution in [0.25, 0.3) is 0 Å². The molecule has 1 saturated heterocycles. The Hall–Kier alpha value is -1.59. The molecule has 0 bridgehead atoms. The van der Waals surface area contributed by atoms with Crippen molar-refractivity contribution >= 4 is 30.0 Å². The minimum absolute atomic E-state index is 0. The fourth-order valence-corrected chi connectivity index (χ4v) is 2.10. The minimum atomic E-state index is -0.384. The van der Waals surface area contributed by atoms with Gasteiger partial charge in [-0.05, 0) is 44.2 Å². The Morgan fingerprint density at radius 1 is 1.30 bits per heavy atom. The van der Waals surface area contributed by atoms with Gasteiger partial charge < -0.3 is 15.4 Å². The molecule has 1 aromatic rings. The molecule has 6 heteroatoms. The van der Waals surface area contributed by atoms with Crippen molar-refractivity contribution < 1.29 is 14.3 Å². The first-order valence-corrected chi connectivity index (χ1v) is 6.26. The number of esters is 1. The minimum Gasteiger partial charge on any atom is -0.465 e. The third-order valence-electron chi connectivity index (χ3n) is 3.48. The predicted octanol–water partition coefficient (Wildman–Crippen LogP) is 1.83. The van der Waals surface area contributed by atoms with Gasteiger partial charge in [-0.15, -0.1) is 12.4 Å². The highest BCUT2D eigenvalue weighted by atomic mass is 35.5. The molecule has 0 radical (unpaired) electrons. The van der Waals surface area contributed by atoms with E-state index in [1.807, 2.05) is 6.92 Å². The van der Waals surface area contributed by atoms with Crippen LogP contribution in [0.4, 0.5) is 5.69 Å². The maximum absolute atomic E-state index is 12.2. The second-order valence-electron chi connectivity index (χ2n) is 5.01. The maximum Gasteiger partial charge on any atom is 0.337 e. The lowest BCUT2D eigenvalue weighted by Gasteiger charge is -2.21. The summed E-state index contributed by atoms with van der Waals surface area (Å²) >= 11 is 0. The van der Waals surface area contributed by atoms with Gasteiger partial charge in [0.1, 0.15) is 0 Å². The summed E-state index contributed by atoms with van der Waals surface area (Å²) in [7, 11) is 1.34. The quantitative estimate of drug-likeness (QED) is 0.836. The summed E-state index contributed by atoms with van der Waals surface area (Å²) in [5.41, 5.74) is 0.793. The van der Waals surface area contributed by atoms with Crippen molar-refractivity contribution in [2.75, 3.05) is 25.5 Å². The van der Waals surface area contributed by atoms with Crippen LogP contribution in [0.1, 0.15) is 23.7 Å². The molecule has 0 saturated carbocycles. The molecule has 1 amide bonds. The fourth-order valence-electron chi connectivity index (χ4n) is 2.10. The second kappa shape index (κ2) is 6.72. The van der Waals surface area contributed by atoms with Crippen LogP contribution >= 0.6 is 12.4 Å². The van der Waals surface area contributed by atoms with Gasteiger partial charge in [-0.1, -0.05) is 0 Å². The van der Waals surface area contributed by atoms with Crippen molar-refractivity contribution in [1.82, 2.24) is 5.32 Å². The molecule has 0 spiro atoms. The summed E-state index contributed by atoms with van der Waals surface area (Å²) in [5, 5.41) is 6.07. The lowest BCUT2D eigenvalue weighted by atomic mass is 9.89. The molecule has 20 heavy (non-hydrogen) atoms. The number of carbonyl (C=O) groups excluding carboxylic acids is 2.